The Morgan fingerprint density at radius 1 is 1.15 bits per heavy atom. The van der Waals surface area contributed by atoms with Gasteiger partial charge in [-0.05, 0) is 36.4 Å². The second kappa shape index (κ2) is 8.11. The Kier molecular flexibility index (Phi) is 5.63. The molecule has 0 aliphatic carbocycles. The van der Waals surface area contributed by atoms with Crippen molar-refractivity contribution >= 4 is 40.9 Å². The van der Waals surface area contributed by atoms with Crippen molar-refractivity contribution in [2.45, 2.75) is 5.16 Å². The molecule has 2 aromatic carbocycles. The second-order valence-corrected chi connectivity index (χ2v) is 6.84. The van der Waals surface area contributed by atoms with Crippen LogP contribution in [0, 0.1) is 0 Å². The van der Waals surface area contributed by atoms with Gasteiger partial charge in [-0.25, -0.2) is 4.68 Å². The summed E-state index contributed by atoms with van der Waals surface area (Å²) in [6.07, 6.45) is 0. The van der Waals surface area contributed by atoms with Gasteiger partial charge in [0, 0.05) is 21.8 Å². The summed E-state index contributed by atoms with van der Waals surface area (Å²) < 4.78 is 1.31. The largest absolute Gasteiger partial charge is 0.366 e. The van der Waals surface area contributed by atoms with Crippen LogP contribution < -0.4 is 16.9 Å². The topological polar surface area (TPSA) is 129 Å². The molecule has 8 nitrogen and oxygen atoms in total. The highest BCUT2D eigenvalue weighted by atomic mass is 35.5. The van der Waals surface area contributed by atoms with Crippen LogP contribution >= 0.6 is 23.4 Å². The number of rotatable bonds is 6. The van der Waals surface area contributed by atoms with E-state index in [1.54, 1.807) is 42.5 Å². The summed E-state index contributed by atoms with van der Waals surface area (Å²) in [5.41, 5.74) is 6.83. The van der Waals surface area contributed by atoms with Crippen molar-refractivity contribution in [1.82, 2.24) is 14.9 Å². The number of nitrogens with two attached hydrogens (primary N) is 2. The Labute approximate surface area is 163 Å². The Hall–Kier alpha value is -3.04. The van der Waals surface area contributed by atoms with Crippen molar-refractivity contribution in [2.75, 3.05) is 16.9 Å². The van der Waals surface area contributed by atoms with Crippen LogP contribution in [0.1, 0.15) is 10.4 Å². The first-order chi connectivity index (χ1) is 12.9. The molecule has 5 N–H and O–H groups in total. The van der Waals surface area contributed by atoms with Crippen LogP contribution in [0.3, 0.4) is 0 Å². The van der Waals surface area contributed by atoms with E-state index >= 15 is 0 Å². The number of thioether (sulfide) groups is 1. The highest BCUT2D eigenvalue weighted by molar-refractivity contribution is 7.99. The first kappa shape index (κ1) is 18.7. The summed E-state index contributed by atoms with van der Waals surface area (Å²) in [6.45, 7) is 0. The van der Waals surface area contributed by atoms with E-state index < -0.39 is 5.91 Å². The Balaban J connectivity index is 1.61. The predicted molar refractivity (Wildman–Crippen MR) is 105 cm³/mol. The molecule has 1 heterocycles. The highest BCUT2D eigenvalue weighted by Crippen LogP contribution is 2.24. The fourth-order valence-corrected chi connectivity index (χ4v) is 3.09. The number of nitrogen functional groups attached to an aromatic ring is 1. The molecule has 0 aliphatic rings. The van der Waals surface area contributed by atoms with Gasteiger partial charge in [-0.2, -0.15) is 0 Å². The maximum atomic E-state index is 12.1. The molecule has 138 valence electrons. The minimum absolute atomic E-state index is 0.0858. The average Bonchev–Trinajstić information content (AvgIpc) is 3.01. The second-order valence-electron chi connectivity index (χ2n) is 5.46. The number of benzene rings is 2. The van der Waals surface area contributed by atoms with E-state index in [2.05, 4.69) is 15.5 Å². The zero-order chi connectivity index (χ0) is 19.4. The maximum absolute atomic E-state index is 12.1. The lowest BCUT2D eigenvalue weighted by Crippen LogP contribution is -2.16. The standard InChI is InChI=1S/C17H15ClN6O2S/c18-12-3-1-2-11(8-12)16-22-23-17(24(16)20)27-9-14(25)21-13-6-4-10(5-7-13)15(19)26/h1-8H,9,20H2,(H2,19,26)(H,21,25). The summed E-state index contributed by atoms with van der Waals surface area (Å²) in [7, 11) is 0. The smallest absolute Gasteiger partial charge is 0.248 e. The predicted octanol–water partition coefficient (Wildman–Crippen LogP) is 2.14. The van der Waals surface area contributed by atoms with Gasteiger partial charge in [0.2, 0.25) is 17.0 Å². The van der Waals surface area contributed by atoms with E-state index in [1.807, 2.05) is 6.07 Å². The van der Waals surface area contributed by atoms with Gasteiger partial charge in [-0.1, -0.05) is 35.5 Å². The lowest BCUT2D eigenvalue weighted by Gasteiger charge is -2.06. The minimum atomic E-state index is -0.527. The Morgan fingerprint density at radius 3 is 2.56 bits per heavy atom. The number of aromatic nitrogens is 3. The maximum Gasteiger partial charge on any atom is 0.248 e. The number of carbonyl (C=O) groups excluding carboxylic acids is 2. The number of primary amides is 1. The SMILES string of the molecule is NC(=O)c1ccc(NC(=O)CSc2nnc(-c3cccc(Cl)c3)n2N)cc1. The van der Waals surface area contributed by atoms with Gasteiger partial charge in [-0.15, -0.1) is 10.2 Å². The molecule has 0 saturated heterocycles. The van der Waals surface area contributed by atoms with Crippen LogP contribution in [-0.2, 0) is 4.79 Å². The van der Waals surface area contributed by atoms with Crippen molar-refractivity contribution in [1.29, 1.82) is 0 Å². The van der Waals surface area contributed by atoms with Gasteiger partial charge >= 0.3 is 0 Å². The zero-order valence-electron chi connectivity index (χ0n) is 13.9. The Morgan fingerprint density at radius 2 is 1.89 bits per heavy atom. The van der Waals surface area contributed by atoms with Gasteiger partial charge in [0.15, 0.2) is 5.82 Å². The molecule has 0 fully saturated rings. The summed E-state index contributed by atoms with van der Waals surface area (Å²) in [5.74, 6) is 5.78. The molecule has 10 heteroatoms. The molecule has 0 saturated carbocycles. The average molecular weight is 403 g/mol. The number of nitrogens with zero attached hydrogens (tertiary/aromatic N) is 3. The van der Waals surface area contributed by atoms with E-state index in [1.165, 1.54) is 4.68 Å². The number of hydrogen-bond donors (Lipinski definition) is 3. The molecule has 3 aromatic rings. The molecule has 0 atom stereocenters. The van der Waals surface area contributed by atoms with Crippen LogP contribution in [0.4, 0.5) is 5.69 Å². The van der Waals surface area contributed by atoms with Crippen molar-refractivity contribution in [2.24, 2.45) is 5.73 Å². The molecular weight excluding hydrogens is 388 g/mol. The molecule has 0 bridgehead atoms. The van der Waals surface area contributed by atoms with Gasteiger partial charge < -0.3 is 16.9 Å². The third kappa shape index (κ3) is 4.57. The summed E-state index contributed by atoms with van der Waals surface area (Å²) >= 11 is 7.13. The van der Waals surface area contributed by atoms with Crippen LogP contribution in [0.25, 0.3) is 11.4 Å². The number of nitrogens with one attached hydrogen (secondary N) is 1. The zero-order valence-corrected chi connectivity index (χ0v) is 15.5. The third-order valence-electron chi connectivity index (χ3n) is 3.53. The molecule has 0 unspecified atom stereocenters. The van der Waals surface area contributed by atoms with E-state index in [0.717, 1.165) is 17.3 Å². The summed E-state index contributed by atoms with van der Waals surface area (Å²) in [4.78, 5) is 23.1. The first-order valence-corrected chi connectivity index (χ1v) is 9.09. The number of amides is 2. The fourth-order valence-electron chi connectivity index (χ4n) is 2.24. The summed E-state index contributed by atoms with van der Waals surface area (Å²) in [5, 5.41) is 11.7. The quantitative estimate of drug-likeness (QED) is 0.428. The van der Waals surface area contributed by atoms with Gasteiger partial charge in [0.05, 0.1) is 5.75 Å². The molecule has 0 spiro atoms. The van der Waals surface area contributed by atoms with Crippen molar-refractivity contribution in [3.8, 4) is 11.4 Å². The van der Waals surface area contributed by atoms with Gasteiger partial charge in [0.1, 0.15) is 0 Å². The van der Waals surface area contributed by atoms with E-state index in [0.29, 0.717) is 27.3 Å². The minimum Gasteiger partial charge on any atom is -0.366 e. The van der Waals surface area contributed by atoms with Crippen molar-refractivity contribution in [3.63, 3.8) is 0 Å². The van der Waals surface area contributed by atoms with E-state index in [9.17, 15) is 9.59 Å². The van der Waals surface area contributed by atoms with Crippen molar-refractivity contribution < 1.29 is 9.59 Å². The Bertz CT molecular complexity index is 989. The molecule has 3 rings (SSSR count). The first-order valence-electron chi connectivity index (χ1n) is 7.73. The highest BCUT2D eigenvalue weighted by Gasteiger charge is 2.14. The van der Waals surface area contributed by atoms with Crippen LogP contribution in [0.15, 0.2) is 53.7 Å². The van der Waals surface area contributed by atoms with Gasteiger partial charge in [-0.3, -0.25) is 9.59 Å². The molecule has 2 amide bonds. The summed E-state index contributed by atoms with van der Waals surface area (Å²) in [6, 6.07) is 13.4. The fraction of sp³-hybridized carbons (Fsp3) is 0.0588. The van der Waals surface area contributed by atoms with Crippen LogP contribution in [-0.4, -0.2) is 32.4 Å². The molecule has 27 heavy (non-hydrogen) atoms. The number of carbonyl (C=O) groups is 2. The lowest BCUT2D eigenvalue weighted by molar-refractivity contribution is -0.113. The third-order valence-corrected chi connectivity index (χ3v) is 4.71. The number of halogens is 1. The monoisotopic (exact) mass is 402 g/mol. The van der Waals surface area contributed by atoms with Crippen LogP contribution in [0.2, 0.25) is 5.02 Å². The lowest BCUT2D eigenvalue weighted by atomic mass is 10.2. The normalized spacial score (nSPS) is 10.6. The number of hydrogen-bond acceptors (Lipinski definition) is 6. The number of anilines is 1. The molecule has 0 aliphatic heterocycles. The van der Waals surface area contributed by atoms with Crippen LogP contribution in [0.5, 0.6) is 0 Å². The molecule has 1 aromatic heterocycles. The van der Waals surface area contributed by atoms with Crippen molar-refractivity contribution in [3.05, 3.63) is 59.1 Å². The van der Waals surface area contributed by atoms with E-state index in [-0.39, 0.29) is 11.7 Å². The van der Waals surface area contributed by atoms with Gasteiger partial charge in [0.25, 0.3) is 0 Å². The molecule has 0 radical (unpaired) electrons. The molecular formula is C17H15ClN6O2S. The van der Waals surface area contributed by atoms with E-state index in [4.69, 9.17) is 23.2 Å².